The van der Waals surface area contributed by atoms with Crippen molar-refractivity contribution >= 4 is 5.97 Å². The number of carbonyl (C=O) groups excluding carboxylic acids is 1. The molecule has 0 amide bonds. The maximum atomic E-state index is 12.2. The lowest BCUT2D eigenvalue weighted by molar-refractivity contribution is -0.0267. The highest BCUT2D eigenvalue weighted by Crippen LogP contribution is 2.40. The molecule has 116 valence electrons. The van der Waals surface area contributed by atoms with E-state index >= 15 is 0 Å². The van der Waals surface area contributed by atoms with Crippen LogP contribution < -0.4 is 0 Å². The molecule has 1 aromatic heterocycles. The van der Waals surface area contributed by atoms with Crippen molar-refractivity contribution in [2.24, 2.45) is 0 Å². The number of imidazole rings is 1. The molecule has 2 aromatic rings. The summed E-state index contributed by atoms with van der Waals surface area (Å²) in [5.74, 6) is -0.258. The van der Waals surface area contributed by atoms with Gasteiger partial charge in [-0.05, 0) is 39.6 Å². The lowest BCUT2D eigenvalue weighted by atomic mass is 9.85. The quantitative estimate of drug-likeness (QED) is 0.817. The van der Waals surface area contributed by atoms with Gasteiger partial charge in [-0.25, -0.2) is 9.78 Å². The Bertz CT molecular complexity index is 703. The van der Waals surface area contributed by atoms with Gasteiger partial charge in [0.1, 0.15) is 5.60 Å². The highest BCUT2D eigenvalue weighted by molar-refractivity contribution is 5.93. The molecule has 0 fully saturated rings. The number of nitrogens with zero attached hydrogens (tertiary/aromatic N) is 3. The van der Waals surface area contributed by atoms with Crippen molar-refractivity contribution in [3.63, 3.8) is 0 Å². The Labute approximate surface area is 130 Å². The average molecular weight is 299 g/mol. The molecule has 0 bridgehead atoms. The minimum atomic E-state index is -0.632. The zero-order valence-corrected chi connectivity index (χ0v) is 13.4. The van der Waals surface area contributed by atoms with Crippen molar-refractivity contribution in [1.82, 2.24) is 14.5 Å². The summed E-state index contributed by atoms with van der Waals surface area (Å²) in [4.78, 5) is 18.6. The average Bonchev–Trinajstić information content (AvgIpc) is 2.85. The molecule has 0 spiro atoms. The Balaban J connectivity index is 2.14. The zero-order valence-electron chi connectivity index (χ0n) is 13.4. The number of rotatable bonds is 3. The van der Waals surface area contributed by atoms with Crippen LogP contribution in [0, 0.1) is 0 Å². The number of fused-ring (bicyclic) bond motifs is 1. The number of carbonyl (C=O) groups is 1. The van der Waals surface area contributed by atoms with Gasteiger partial charge in [-0.1, -0.05) is 18.2 Å². The van der Waals surface area contributed by atoms with Crippen molar-refractivity contribution in [3.05, 3.63) is 53.6 Å². The Morgan fingerprint density at radius 2 is 2.05 bits per heavy atom. The zero-order chi connectivity index (χ0) is 15.9. The maximum Gasteiger partial charge on any atom is 0.339 e. The smallest absolute Gasteiger partial charge is 0.339 e. The van der Waals surface area contributed by atoms with Crippen molar-refractivity contribution < 1.29 is 9.53 Å². The normalized spacial score (nSPS) is 19.9. The van der Waals surface area contributed by atoms with E-state index in [1.54, 1.807) is 0 Å². The number of hydrogen-bond donors (Lipinski definition) is 0. The van der Waals surface area contributed by atoms with Gasteiger partial charge in [0.25, 0.3) is 0 Å². The monoisotopic (exact) mass is 299 g/mol. The van der Waals surface area contributed by atoms with Crippen LogP contribution in [0.3, 0.4) is 0 Å². The SMILES string of the molecule is CN(C)Cc1cncn1C1c2ccccc2C(=O)OC1(C)C. The minimum absolute atomic E-state index is 0.0844. The van der Waals surface area contributed by atoms with Crippen molar-refractivity contribution in [2.75, 3.05) is 14.1 Å². The van der Waals surface area contributed by atoms with E-state index in [0.717, 1.165) is 17.8 Å². The fraction of sp³-hybridized carbons (Fsp3) is 0.412. The Kier molecular flexibility index (Phi) is 3.53. The van der Waals surface area contributed by atoms with E-state index in [2.05, 4.69) is 14.5 Å². The Hall–Kier alpha value is -2.14. The second kappa shape index (κ2) is 5.25. The number of aromatic nitrogens is 2. The first-order valence-electron chi connectivity index (χ1n) is 7.38. The molecule has 1 unspecified atom stereocenters. The molecular weight excluding hydrogens is 278 g/mol. The summed E-state index contributed by atoms with van der Waals surface area (Å²) in [7, 11) is 4.05. The van der Waals surface area contributed by atoms with E-state index in [9.17, 15) is 4.79 Å². The highest BCUT2D eigenvalue weighted by atomic mass is 16.6. The second-order valence-corrected chi connectivity index (χ2v) is 6.51. The third kappa shape index (κ3) is 2.41. The number of esters is 1. The first kappa shape index (κ1) is 14.8. The molecule has 0 N–H and O–H groups in total. The van der Waals surface area contributed by atoms with E-state index < -0.39 is 5.60 Å². The van der Waals surface area contributed by atoms with Crippen LogP contribution in [0.5, 0.6) is 0 Å². The molecule has 5 nitrogen and oxygen atoms in total. The van der Waals surface area contributed by atoms with Crippen LogP contribution in [0.4, 0.5) is 0 Å². The predicted octanol–water partition coefficient (Wildman–Crippen LogP) is 2.48. The van der Waals surface area contributed by atoms with Crippen LogP contribution in [-0.2, 0) is 11.3 Å². The number of hydrogen-bond acceptors (Lipinski definition) is 4. The minimum Gasteiger partial charge on any atom is -0.453 e. The first-order chi connectivity index (χ1) is 10.4. The van der Waals surface area contributed by atoms with E-state index in [4.69, 9.17) is 4.74 Å². The van der Waals surface area contributed by atoms with Gasteiger partial charge in [0.15, 0.2) is 0 Å². The summed E-state index contributed by atoms with van der Waals surface area (Å²) >= 11 is 0. The van der Waals surface area contributed by atoms with Gasteiger partial charge in [0.05, 0.1) is 23.6 Å². The van der Waals surface area contributed by atoms with Crippen LogP contribution in [0.25, 0.3) is 0 Å². The predicted molar refractivity (Wildman–Crippen MR) is 83.7 cm³/mol. The molecule has 3 rings (SSSR count). The number of benzene rings is 1. The summed E-state index contributed by atoms with van der Waals surface area (Å²) in [6, 6.07) is 7.57. The standard InChI is InChI=1S/C17H21N3O2/c1-17(2)15(20-11-18-9-12(20)10-19(3)4)13-7-5-6-8-14(13)16(21)22-17/h5-9,11,15H,10H2,1-4H3. The largest absolute Gasteiger partial charge is 0.453 e. The van der Waals surface area contributed by atoms with Gasteiger partial charge in [-0.3, -0.25) is 0 Å². The van der Waals surface area contributed by atoms with E-state index in [-0.39, 0.29) is 12.0 Å². The van der Waals surface area contributed by atoms with Gasteiger partial charge in [-0.2, -0.15) is 0 Å². The van der Waals surface area contributed by atoms with E-state index in [1.807, 2.05) is 64.7 Å². The molecule has 0 aliphatic carbocycles. The molecule has 0 saturated carbocycles. The van der Waals surface area contributed by atoms with Crippen molar-refractivity contribution in [3.8, 4) is 0 Å². The maximum absolute atomic E-state index is 12.2. The molecule has 1 aliphatic rings. The van der Waals surface area contributed by atoms with Crippen LogP contribution in [0.2, 0.25) is 0 Å². The Morgan fingerprint density at radius 1 is 1.32 bits per heavy atom. The number of cyclic esters (lactones) is 1. The van der Waals surface area contributed by atoms with Crippen molar-refractivity contribution in [1.29, 1.82) is 0 Å². The van der Waals surface area contributed by atoms with Crippen molar-refractivity contribution in [2.45, 2.75) is 32.0 Å². The van der Waals surface area contributed by atoms with E-state index in [0.29, 0.717) is 5.56 Å². The fourth-order valence-electron chi connectivity index (χ4n) is 3.14. The van der Waals surface area contributed by atoms with Crippen LogP contribution in [-0.4, -0.2) is 40.1 Å². The lowest BCUT2D eigenvalue weighted by Crippen LogP contribution is -2.44. The molecule has 1 aliphatic heterocycles. The molecule has 1 aromatic carbocycles. The summed E-state index contributed by atoms with van der Waals surface area (Å²) in [5.41, 5.74) is 2.08. The van der Waals surface area contributed by atoms with Gasteiger partial charge in [0, 0.05) is 12.7 Å². The van der Waals surface area contributed by atoms with Gasteiger partial charge in [0.2, 0.25) is 0 Å². The summed E-state index contributed by atoms with van der Waals surface area (Å²) in [5, 5.41) is 0. The van der Waals surface area contributed by atoms with E-state index in [1.165, 1.54) is 0 Å². The second-order valence-electron chi connectivity index (χ2n) is 6.51. The number of ether oxygens (including phenoxy) is 1. The summed E-state index contributed by atoms with van der Waals surface area (Å²) in [6.07, 6.45) is 3.69. The van der Waals surface area contributed by atoms with Gasteiger partial charge < -0.3 is 14.2 Å². The van der Waals surface area contributed by atoms with Crippen LogP contribution in [0.1, 0.15) is 41.5 Å². The van der Waals surface area contributed by atoms with Crippen LogP contribution >= 0.6 is 0 Å². The van der Waals surface area contributed by atoms with Gasteiger partial charge >= 0.3 is 5.97 Å². The molecule has 1 atom stereocenters. The fourth-order valence-corrected chi connectivity index (χ4v) is 3.14. The molecule has 5 heteroatoms. The third-order valence-corrected chi connectivity index (χ3v) is 3.99. The molecular formula is C17H21N3O2. The topological polar surface area (TPSA) is 47.4 Å². The highest BCUT2D eigenvalue weighted by Gasteiger charge is 2.43. The third-order valence-electron chi connectivity index (χ3n) is 3.99. The lowest BCUT2D eigenvalue weighted by Gasteiger charge is -2.40. The Morgan fingerprint density at radius 3 is 2.77 bits per heavy atom. The molecule has 0 saturated heterocycles. The summed E-state index contributed by atoms with van der Waals surface area (Å²) < 4.78 is 7.81. The van der Waals surface area contributed by atoms with Gasteiger partial charge in [-0.15, -0.1) is 0 Å². The summed E-state index contributed by atoms with van der Waals surface area (Å²) in [6.45, 7) is 4.68. The molecule has 0 radical (unpaired) electrons. The molecule has 22 heavy (non-hydrogen) atoms. The van der Waals surface area contributed by atoms with Crippen LogP contribution in [0.15, 0.2) is 36.8 Å². The molecule has 2 heterocycles. The first-order valence-corrected chi connectivity index (χ1v) is 7.38.